The highest BCUT2D eigenvalue weighted by molar-refractivity contribution is 5.78. The molecule has 1 amide bonds. The molecule has 0 spiro atoms. The van der Waals surface area contributed by atoms with E-state index in [1.54, 1.807) is 18.2 Å². The molecule has 1 saturated heterocycles. The molecule has 25 heavy (non-hydrogen) atoms. The van der Waals surface area contributed by atoms with Crippen LogP contribution in [0.15, 0.2) is 24.3 Å². The molecule has 1 aromatic carbocycles. The SMILES string of the molecule is CN(CC(=O)O)C1CCCN(CC(=O)NCc2ccccc2F)CC1. The topological polar surface area (TPSA) is 72.9 Å². The second-order valence-electron chi connectivity index (χ2n) is 6.54. The first-order valence-corrected chi connectivity index (χ1v) is 8.60. The Kier molecular flexibility index (Phi) is 7.33. The van der Waals surface area contributed by atoms with E-state index >= 15 is 0 Å². The molecule has 2 N–H and O–H groups in total. The van der Waals surface area contributed by atoms with Crippen LogP contribution in [0.3, 0.4) is 0 Å². The van der Waals surface area contributed by atoms with Crippen LogP contribution in [0.5, 0.6) is 0 Å². The van der Waals surface area contributed by atoms with Gasteiger partial charge in [0.05, 0.1) is 13.1 Å². The molecule has 0 saturated carbocycles. The van der Waals surface area contributed by atoms with Gasteiger partial charge < -0.3 is 10.4 Å². The number of hydrogen-bond donors (Lipinski definition) is 2. The van der Waals surface area contributed by atoms with Gasteiger partial charge in [0.15, 0.2) is 0 Å². The van der Waals surface area contributed by atoms with E-state index in [1.165, 1.54) is 6.07 Å². The van der Waals surface area contributed by atoms with E-state index in [4.69, 9.17) is 5.11 Å². The number of halogens is 1. The summed E-state index contributed by atoms with van der Waals surface area (Å²) in [6.07, 6.45) is 2.69. The van der Waals surface area contributed by atoms with Crippen molar-refractivity contribution in [1.29, 1.82) is 0 Å². The summed E-state index contributed by atoms with van der Waals surface area (Å²) in [4.78, 5) is 26.9. The number of nitrogens with one attached hydrogen (secondary N) is 1. The van der Waals surface area contributed by atoms with Crippen molar-refractivity contribution in [2.45, 2.75) is 31.8 Å². The van der Waals surface area contributed by atoms with Crippen molar-refractivity contribution in [1.82, 2.24) is 15.1 Å². The molecule has 1 aromatic rings. The number of nitrogens with zero attached hydrogens (tertiary/aromatic N) is 2. The molecule has 1 aliphatic heterocycles. The normalized spacial score (nSPS) is 18.8. The van der Waals surface area contributed by atoms with Gasteiger partial charge in [0.2, 0.25) is 5.91 Å². The van der Waals surface area contributed by atoms with Crippen molar-refractivity contribution in [3.05, 3.63) is 35.6 Å². The molecule has 7 heteroatoms. The second kappa shape index (κ2) is 9.48. The molecule has 1 heterocycles. The molecule has 0 bridgehead atoms. The third kappa shape index (κ3) is 6.43. The summed E-state index contributed by atoms with van der Waals surface area (Å²) < 4.78 is 13.6. The molecule has 0 radical (unpaired) electrons. The Morgan fingerprint density at radius 2 is 2.08 bits per heavy atom. The fourth-order valence-corrected chi connectivity index (χ4v) is 3.17. The van der Waals surface area contributed by atoms with Crippen LogP contribution in [0.4, 0.5) is 4.39 Å². The lowest BCUT2D eigenvalue weighted by molar-refractivity contribution is -0.138. The van der Waals surface area contributed by atoms with Gasteiger partial charge in [-0.2, -0.15) is 0 Å². The van der Waals surface area contributed by atoms with Crippen LogP contribution in [0.25, 0.3) is 0 Å². The number of rotatable bonds is 7. The van der Waals surface area contributed by atoms with E-state index in [1.807, 2.05) is 11.9 Å². The number of amides is 1. The Bertz CT molecular complexity index is 597. The minimum absolute atomic E-state index is 0.0355. The number of benzene rings is 1. The highest BCUT2D eigenvalue weighted by atomic mass is 19.1. The zero-order chi connectivity index (χ0) is 18.2. The number of carboxylic acids is 1. The van der Waals surface area contributed by atoms with Gasteiger partial charge in [-0.25, -0.2) is 4.39 Å². The molecule has 0 aromatic heterocycles. The lowest BCUT2D eigenvalue weighted by Crippen LogP contribution is -2.39. The van der Waals surface area contributed by atoms with E-state index in [9.17, 15) is 14.0 Å². The Balaban J connectivity index is 1.76. The van der Waals surface area contributed by atoms with Gasteiger partial charge in [-0.1, -0.05) is 18.2 Å². The first kappa shape index (κ1) is 19.3. The lowest BCUT2D eigenvalue weighted by Gasteiger charge is -2.25. The quantitative estimate of drug-likeness (QED) is 0.775. The Morgan fingerprint density at radius 3 is 2.80 bits per heavy atom. The van der Waals surface area contributed by atoms with Crippen molar-refractivity contribution >= 4 is 11.9 Å². The van der Waals surface area contributed by atoms with Crippen molar-refractivity contribution in [2.24, 2.45) is 0 Å². The summed E-state index contributed by atoms with van der Waals surface area (Å²) in [6, 6.07) is 6.62. The Hall–Kier alpha value is -1.99. The van der Waals surface area contributed by atoms with Crippen molar-refractivity contribution in [3.8, 4) is 0 Å². The molecule has 1 unspecified atom stereocenters. The third-order valence-electron chi connectivity index (χ3n) is 4.60. The zero-order valence-electron chi connectivity index (χ0n) is 14.6. The van der Waals surface area contributed by atoms with Crippen LogP contribution in [-0.4, -0.2) is 66.1 Å². The standard InChI is InChI=1S/C18H26FN3O3/c1-21(13-18(24)25)15-6-4-9-22(10-8-15)12-17(23)20-11-14-5-2-3-7-16(14)19/h2-3,5,7,15H,4,6,8-13H2,1H3,(H,20,23)(H,24,25). The number of likely N-dealkylation sites (tertiary alicyclic amines) is 1. The van der Waals surface area contributed by atoms with E-state index in [2.05, 4.69) is 10.2 Å². The van der Waals surface area contributed by atoms with Gasteiger partial charge in [0, 0.05) is 24.7 Å². The van der Waals surface area contributed by atoms with Crippen LogP contribution in [0.1, 0.15) is 24.8 Å². The van der Waals surface area contributed by atoms with Crippen molar-refractivity contribution < 1.29 is 19.1 Å². The predicted molar refractivity (Wildman–Crippen MR) is 92.6 cm³/mol. The molecule has 1 fully saturated rings. The highest BCUT2D eigenvalue weighted by Gasteiger charge is 2.22. The first-order valence-electron chi connectivity index (χ1n) is 8.60. The number of carbonyl (C=O) groups excluding carboxylic acids is 1. The van der Waals surface area contributed by atoms with Crippen LogP contribution < -0.4 is 5.32 Å². The minimum atomic E-state index is -0.823. The van der Waals surface area contributed by atoms with E-state index < -0.39 is 5.97 Å². The smallest absolute Gasteiger partial charge is 0.317 e. The fraction of sp³-hybridized carbons (Fsp3) is 0.556. The molecule has 1 atom stereocenters. The second-order valence-corrected chi connectivity index (χ2v) is 6.54. The molecule has 1 aliphatic rings. The summed E-state index contributed by atoms with van der Waals surface area (Å²) in [5.41, 5.74) is 0.474. The van der Waals surface area contributed by atoms with Crippen LogP contribution in [0.2, 0.25) is 0 Å². The van der Waals surface area contributed by atoms with E-state index in [0.717, 1.165) is 32.4 Å². The summed E-state index contributed by atoms with van der Waals surface area (Å²) >= 11 is 0. The van der Waals surface area contributed by atoms with Crippen LogP contribution >= 0.6 is 0 Å². The minimum Gasteiger partial charge on any atom is -0.480 e. The number of hydrogen-bond acceptors (Lipinski definition) is 4. The number of carboxylic acid groups (broad SMARTS) is 1. The summed E-state index contributed by atoms with van der Waals surface area (Å²) in [6.45, 7) is 2.06. The maximum absolute atomic E-state index is 13.6. The van der Waals surface area contributed by atoms with Crippen molar-refractivity contribution in [3.63, 3.8) is 0 Å². The largest absolute Gasteiger partial charge is 0.480 e. The van der Waals surface area contributed by atoms with E-state index in [-0.39, 0.29) is 37.4 Å². The summed E-state index contributed by atoms with van der Waals surface area (Å²) in [5, 5.41) is 11.7. The molecular weight excluding hydrogens is 325 g/mol. The molecule has 0 aliphatic carbocycles. The molecule has 2 rings (SSSR count). The maximum Gasteiger partial charge on any atom is 0.317 e. The first-order chi connectivity index (χ1) is 12.0. The van der Waals surface area contributed by atoms with E-state index in [0.29, 0.717) is 5.56 Å². The van der Waals surface area contributed by atoms with Gasteiger partial charge in [-0.15, -0.1) is 0 Å². The monoisotopic (exact) mass is 351 g/mol. The van der Waals surface area contributed by atoms with Gasteiger partial charge in [0.25, 0.3) is 0 Å². The average Bonchev–Trinajstić information content (AvgIpc) is 2.79. The lowest BCUT2D eigenvalue weighted by atomic mass is 10.1. The number of aliphatic carboxylic acids is 1. The summed E-state index contributed by atoms with van der Waals surface area (Å²) in [5.74, 6) is -1.27. The van der Waals surface area contributed by atoms with Crippen LogP contribution in [0, 0.1) is 5.82 Å². The van der Waals surface area contributed by atoms with Crippen LogP contribution in [-0.2, 0) is 16.1 Å². The van der Waals surface area contributed by atoms with Gasteiger partial charge >= 0.3 is 5.97 Å². The molecular formula is C18H26FN3O3. The zero-order valence-corrected chi connectivity index (χ0v) is 14.6. The van der Waals surface area contributed by atoms with Gasteiger partial charge in [-0.05, 0) is 38.9 Å². The maximum atomic E-state index is 13.6. The fourth-order valence-electron chi connectivity index (χ4n) is 3.17. The van der Waals surface area contributed by atoms with Gasteiger partial charge in [0.1, 0.15) is 5.82 Å². The van der Waals surface area contributed by atoms with Crippen molar-refractivity contribution in [2.75, 3.05) is 33.2 Å². The number of carbonyl (C=O) groups is 2. The Labute approximate surface area is 147 Å². The molecule has 6 nitrogen and oxygen atoms in total. The Morgan fingerprint density at radius 1 is 1.32 bits per heavy atom. The molecule has 138 valence electrons. The number of likely N-dealkylation sites (N-methyl/N-ethyl adjacent to an activating group) is 1. The average molecular weight is 351 g/mol. The summed E-state index contributed by atoms with van der Waals surface area (Å²) in [7, 11) is 1.83. The third-order valence-corrected chi connectivity index (χ3v) is 4.60. The van der Waals surface area contributed by atoms with Gasteiger partial charge in [-0.3, -0.25) is 19.4 Å². The predicted octanol–water partition coefficient (Wildman–Crippen LogP) is 1.31. The highest BCUT2D eigenvalue weighted by Crippen LogP contribution is 2.15.